The fourth-order valence-electron chi connectivity index (χ4n) is 2.63. The summed E-state index contributed by atoms with van der Waals surface area (Å²) in [7, 11) is -3.15. The normalized spacial score (nSPS) is 25.2. The Kier molecular flexibility index (Phi) is 3.65. The molecule has 1 unspecified atom stereocenters. The van der Waals surface area contributed by atoms with E-state index in [4.69, 9.17) is 11.6 Å². The van der Waals surface area contributed by atoms with E-state index in [2.05, 4.69) is 5.10 Å². The van der Waals surface area contributed by atoms with Crippen LogP contribution in [-0.4, -0.2) is 40.8 Å². The largest absolute Gasteiger partial charge is 0.478 e. The molecule has 0 amide bonds. The first-order chi connectivity index (χ1) is 9.37. The van der Waals surface area contributed by atoms with Crippen molar-refractivity contribution in [1.29, 1.82) is 0 Å². The molecule has 1 fully saturated rings. The third-order valence-corrected chi connectivity index (χ3v) is 5.98. The quantitative estimate of drug-likeness (QED) is 0.894. The fraction of sp³-hybridized carbons (Fsp3) is 0.692. The number of carbonyl (C=O) groups is 1. The van der Waals surface area contributed by atoms with Crippen molar-refractivity contribution in [3.05, 3.63) is 16.4 Å². The molecule has 2 rings (SSSR count). The number of hydrogen-bond acceptors (Lipinski definition) is 4. The standard InChI is InChI=1S/C13H19ClN2O4S/c1-12(2,3)9-8(11(17)18)10(14)16(15-9)13(4)5-6-21(19,20)7-13/h5-7H2,1-4H3,(H,17,18). The average Bonchev–Trinajstić information content (AvgIpc) is 2.76. The second kappa shape index (κ2) is 4.71. The van der Waals surface area contributed by atoms with Crippen molar-refractivity contribution in [3.8, 4) is 0 Å². The minimum atomic E-state index is -3.15. The highest BCUT2D eigenvalue weighted by molar-refractivity contribution is 7.91. The van der Waals surface area contributed by atoms with Crippen molar-refractivity contribution in [3.63, 3.8) is 0 Å². The first-order valence-electron chi connectivity index (χ1n) is 6.61. The minimum Gasteiger partial charge on any atom is -0.478 e. The number of nitrogens with zero attached hydrogens (tertiary/aromatic N) is 2. The van der Waals surface area contributed by atoms with E-state index in [0.29, 0.717) is 12.1 Å². The molecular formula is C13H19ClN2O4S. The van der Waals surface area contributed by atoms with Gasteiger partial charge in [-0.25, -0.2) is 17.9 Å². The molecule has 0 aliphatic carbocycles. The van der Waals surface area contributed by atoms with Crippen LogP contribution in [0.4, 0.5) is 0 Å². The monoisotopic (exact) mass is 334 g/mol. The molecule has 0 bridgehead atoms. The predicted octanol–water partition coefficient (Wildman–Crippen LogP) is 2.07. The van der Waals surface area contributed by atoms with Crippen molar-refractivity contribution in [2.24, 2.45) is 0 Å². The van der Waals surface area contributed by atoms with Gasteiger partial charge in [0.15, 0.2) is 9.84 Å². The van der Waals surface area contributed by atoms with Crippen molar-refractivity contribution in [1.82, 2.24) is 9.78 Å². The van der Waals surface area contributed by atoms with E-state index in [1.807, 2.05) is 20.8 Å². The van der Waals surface area contributed by atoms with E-state index in [1.165, 1.54) is 4.68 Å². The maximum atomic E-state index is 11.8. The highest BCUT2D eigenvalue weighted by Gasteiger charge is 2.44. The Hall–Kier alpha value is -1.08. The summed E-state index contributed by atoms with van der Waals surface area (Å²) in [4.78, 5) is 11.5. The van der Waals surface area contributed by atoms with Gasteiger partial charge in [0.05, 0.1) is 22.7 Å². The van der Waals surface area contributed by atoms with Crippen LogP contribution in [0.25, 0.3) is 0 Å². The van der Waals surface area contributed by atoms with Gasteiger partial charge in [-0.15, -0.1) is 0 Å². The molecule has 8 heteroatoms. The summed E-state index contributed by atoms with van der Waals surface area (Å²) in [5.74, 6) is -1.17. The van der Waals surface area contributed by atoms with Crippen LogP contribution in [0.5, 0.6) is 0 Å². The van der Waals surface area contributed by atoms with E-state index in [0.717, 1.165) is 0 Å². The number of carboxylic acids is 1. The molecule has 6 nitrogen and oxygen atoms in total. The fourth-order valence-corrected chi connectivity index (χ4v) is 5.15. The lowest BCUT2D eigenvalue weighted by Gasteiger charge is -2.24. The van der Waals surface area contributed by atoms with Crippen LogP contribution in [0, 0.1) is 0 Å². The van der Waals surface area contributed by atoms with Crippen LogP contribution in [0.1, 0.15) is 50.2 Å². The van der Waals surface area contributed by atoms with Crippen molar-refractivity contribution in [2.75, 3.05) is 11.5 Å². The topological polar surface area (TPSA) is 89.3 Å². The van der Waals surface area contributed by atoms with E-state index in [-0.39, 0.29) is 22.2 Å². The summed E-state index contributed by atoms with van der Waals surface area (Å²) in [6.07, 6.45) is 0.374. The molecule has 1 aromatic rings. The van der Waals surface area contributed by atoms with E-state index in [9.17, 15) is 18.3 Å². The SMILES string of the molecule is CC(C)(C)c1nn(C2(C)CCS(=O)(=O)C2)c(Cl)c1C(=O)O. The summed E-state index contributed by atoms with van der Waals surface area (Å²) in [5, 5.41) is 13.8. The molecule has 1 saturated heterocycles. The van der Waals surface area contributed by atoms with Gasteiger partial charge >= 0.3 is 5.97 Å². The van der Waals surface area contributed by atoms with Crippen LogP contribution in [0.15, 0.2) is 0 Å². The Balaban J connectivity index is 2.65. The molecule has 0 saturated carbocycles. The van der Waals surface area contributed by atoms with Crippen LogP contribution in [-0.2, 0) is 20.8 Å². The van der Waals surface area contributed by atoms with Gasteiger partial charge < -0.3 is 5.11 Å². The van der Waals surface area contributed by atoms with E-state index in [1.54, 1.807) is 6.92 Å². The van der Waals surface area contributed by atoms with E-state index < -0.39 is 26.8 Å². The van der Waals surface area contributed by atoms with Gasteiger partial charge in [-0.05, 0) is 13.3 Å². The van der Waals surface area contributed by atoms with Crippen LogP contribution in [0.3, 0.4) is 0 Å². The number of hydrogen-bond donors (Lipinski definition) is 1. The maximum Gasteiger partial charge on any atom is 0.340 e. The third kappa shape index (κ3) is 2.81. The smallest absolute Gasteiger partial charge is 0.340 e. The molecule has 1 aromatic heterocycles. The van der Waals surface area contributed by atoms with Gasteiger partial charge in [0, 0.05) is 5.41 Å². The Labute approximate surface area is 129 Å². The second-order valence-electron chi connectivity index (χ2n) is 6.82. The number of aromatic nitrogens is 2. The molecule has 1 aliphatic heterocycles. The molecule has 118 valence electrons. The molecular weight excluding hydrogens is 316 g/mol. The Morgan fingerprint density at radius 2 is 2.00 bits per heavy atom. The molecule has 1 atom stereocenters. The number of halogens is 1. The molecule has 1 N–H and O–H groups in total. The summed E-state index contributed by atoms with van der Waals surface area (Å²) < 4.78 is 24.9. The number of rotatable bonds is 2. The van der Waals surface area contributed by atoms with E-state index >= 15 is 0 Å². The lowest BCUT2D eigenvalue weighted by Crippen LogP contribution is -2.33. The van der Waals surface area contributed by atoms with Gasteiger partial charge in [0.25, 0.3) is 0 Å². The summed E-state index contributed by atoms with van der Waals surface area (Å²) in [6.45, 7) is 7.27. The van der Waals surface area contributed by atoms with Gasteiger partial charge in [-0.3, -0.25) is 0 Å². The number of aromatic carboxylic acids is 1. The van der Waals surface area contributed by atoms with Crippen molar-refractivity contribution < 1.29 is 18.3 Å². The minimum absolute atomic E-state index is 0.00738. The lowest BCUT2D eigenvalue weighted by molar-refractivity contribution is 0.0694. The summed E-state index contributed by atoms with van der Waals surface area (Å²) >= 11 is 6.22. The molecule has 0 spiro atoms. The van der Waals surface area contributed by atoms with Gasteiger partial charge in [-0.2, -0.15) is 5.10 Å². The number of sulfone groups is 1. The van der Waals surface area contributed by atoms with Crippen molar-refractivity contribution in [2.45, 2.75) is 45.1 Å². The maximum absolute atomic E-state index is 11.8. The van der Waals surface area contributed by atoms with Crippen LogP contribution in [0.2, 0.25) is 5.15 Å². The predicted molar refractivity (Wildman–Crippen MR) is 79.8 cm³/mol. The zero-order valence-electron chi connectivity index (χ0n) is 12.5. The van der Waals surface area contributed by atoms with Gasteiger partial charge in [0.1, 0.15) is 10.7 Å². The molecule has 0 aromatic carbocycles. The highest BCUT2D eigenvalue weighted by atomic mass is 35.5. The first kappa shape index (κ1) is 16.3. The Bertz CT molecular complexity index is 702. The van der Waals surface area contributed by atoms with Gasteiger partial charge in [0.2, 0.25) is 0 Å². The average molecular weight is 335 g/mol. The summed E-state index contributed by atoms with van der Waals surface area (Å²) in [6, 6.07) is 0. The highest BCUT2D eigenvalue weighted by Crippen LogP contribution is 2.37. The van der Waals surface area contributed by atoms with Crippen LogP contribution >= 0.6 is 11.6 Å². The lowest BCUT2D eigenvalue weighted by atomic mass is 9.89. The molecule has 21 heavy (non-hydrogen) atoms. The van der Waals surface area contributed by atoms with Crippen LogP contribution < -0.4 is 0 Å². The Morgan fingerprint density at radius 1 is 1.43 bits per heavy atom. The van der Waals surface area contributed by atoms with Gasteiger partial charge in [-0.1, -0.05) is 32.4 Å². The molecule has 2 heterocycles. The first-order valence-corrected chi connectivity index (χ1v) is 8.80. The molecule has 1 aliphatic rings. The second-order valence-corrected chi connectivity index (χ2v) is 9.36. The zero-order chi connectivity index (χ0) is 16.2. The molecule has 0 radical (unpaired) electrons. The Morgan fingerprint density at radius 3 is 2.33 bits per heavy atom. The van der Waals surface area contributed by atoms with Crippen molar-refractivity contribution >= 4 is 27.4 Å². The third-order valence-electron chi connectivity index (χ3n) is 3.75. The number of carboxylic acid groups (broad SMARTS) is 1. The zero-order valence-corrected chi connectivity index (χ0v) is 14.0. The summed E-state index contributed by atoms with van der Waals surface area (Å²) in [5.41, 5.74) is -0.986.